The zero-order valence-corrected chi connectivity index (χ0v) is 20.9. The van der Waals surface area contributed by atoms with Crippen LogP contribution in [-0.4, -0.2) is 78.9 Å². The van der Waals surface area contributed by atoms with Crippen molar-refractivity contribution in [2.45, 2.75) is 64.0 Å². The third kappa shape index (κ3) is 4.33. The highest BCUT2D eigenvalue weighted by molar-refractivity contribution is 5.95. The number of benzene rings is 1. The Balaban J connectivity index is 1.19. The van der Waals surface area contributed by atoms with Gasteiger partial charge in [-0.05, 0) is 63.0 Å². The quantitative estimate of drug-likeness (QED) is 0.612. The first-order chi connectivity index (χ1) is 17.6. The molecule has 1 aromatic carbocycles. The highest BCUT2D eigenvalue weighted by Crippen LogP contribution is 2.31. The second-order valence-electron chi connectivity index (χ2n) is 10.4. The number of aliphatic hydroxyl groups excluding tert-OH is 1. The summed E-state index contributed by atoms with van der Waals surface area (Å²) in [6, 6.07) is 8.96. The summed E-state index contributed by atoms with van der Waals surface area (Å²) < 4.78 is 1.70. The summed E-state index contributed by atoms with van der Waals surface area (Å²) in [6.07, 6.45) is 10.2. The van der Waals surface area contributed by atoms with Gasteiger partial charge in [0.15, 0.2) is 0 Å². The number of carbonyl (C=O) groups is 1. The lowest BCUT2D eigenvalue weighted by Gasteiger charge is -2.41. The molecule has 0 radical (unpaired) electrons. The molecular formula is C28H34N6O2. The second kappa shape index (κ2) is 9.75. The number of piperidine rings is 2. The Bertz CT molecular complexity index is 1250. The normalized spacial score (nSPS) is 19.6. The number of likely N-dealkylation sites (tertiary alicyclic amines) is 2. The molecule has 3 aromatic rings. The fraction of sp³-hybridized carbons (Fsp3) is 0.500. The first kappa shape index (κ1) is 23.3. The summed E-state index contributed by atoms with van der Waals surface area (Å²) in [5, 5.41) is 14.3. The minimum atomic E-state index is -0.152. The van der Waals surface area contributed by atoms with E-state index in [1.807, 2.05) is 18.0 Å². The van der Waals surface area contributed by atoms with E-state index in [0.717, 1.165) is 88.1 Å². The van der Waals surface area contributed by atoms with Crippen molar-refractivity contribution in [3.63, 3.8) is 0 Å². The second-order valence-corrected chi connectivity index (χ2v) is 10.4. The maximum atomic E-state index is 13.4. The van der Waals surface area contributed by atoms with Crippen molar-refractivity contribution in [2.24, 2.45) is 0 Å². The molecule has 188 valence electrons. The van der Waals surface area contributed by atoms with Crippen LogP contribution in [0, 0.1) is 6.92 Å². The van der Waals surface area contributed by atoms with Gasteiger partial charge in [-0.25, -0.2) is 14.6 Å². The van der Waals surface area contributed by atoms with Gasteiger partial charge in [0.1, 0.15) is 0 Å². The standard InChI is InChI=1S/C28H34N6O2/c1-19-25(27(36)33-13-9-22(10-14-33)32-15-11-23(35)12-16-32)18-30-34(19)28-29-17-21-7-4-6-20-5-2-3-8-24(20)26(21)31-28/h2-3,5,8,17-18,22-23,35H,4,6-7,9-16H2,1H3. The van der Waals surface area contributed by atoms with Crippen LogP contribution in [0.2, 0.25) is 0 Å². The highest BCUT2D eigenvalue weighted by atomic mass is 16.3. The summed E-state index contributed by atoms with van der Waals surface area (Å²) in [4.78, 5) is 27.4. The van der Waals surface area contributed by atoms with Gasteiger partial charge in [0.25, 0.3) is 11.9 Å². The van der Waals surface area contributed by atoms with Gasteiger partial charge < -0.3 is 14.9 Å². The van der Waals surface area contributed by atoms with Gasteiger partial charge in [0.05, 0.1) is 29.3 Å². The lowest BCUT2D eigenvalue weighted by atomic mass is 9.98. The summed E-state index contributed by atoms with van der Waals surface area (Å²) in [5.41, 5.74) is 6.01. The maximum Gasteiger partial charge on any atom is 0.257 e. The number of fused-ring (bicyclic) bond motifs is 3. The molecule has 0 saturated carbocycles. The number of aliphatic hydroxyl groups is 1. The van der Waals surface area contributed by atoms with Crippen molar-refractivity contribution in [1.82, 2.24) is 29.5 Å². The van der Waals surface area contributed by atoms with E-state index in [4.69, 9.17) is 4.98 Å². The number of nitrogens with zero attached hydrogens (tertiary/aromatic N) is 6. The maximum absolute atomic E-state index is 13.4. The zero-order chi connectivity index (χ0) is 24.6. The van der Waals surface area contributed by atoms with E-state index >= 15 is 0 Å². The Kier molecular flexibility index (Phi) is 6.31. The van der Waals surface area contributed by atoms with Gasteiger partial charge in [-0.15, -0.1) is 0 Å². The SMILES string of the molecule is Cc1c(C(=O)N2CCC(N3CCC(O)CC3)CC2)cnn1-c1ncc2c(n1)-c1ccccc1CCC2. The fourth-order valence-corrected chi connectivity index (χ4v) is 6.03. The summed E-state index contributed by atoms with van der Waals surface area (Å²) >= 11 is 0. The highest BCUT2D eigenvalue weighted by Gasteiger charge is 2.31. The van der Waals surface area contributed by atoms with E-state index in [0.29, 0.717) is 17.6 Å². The van der Waals surface area contributed by atoms with Crippen LogP contribution in [0.15, 0.2) is 36.7 Å². The van der Waals surface area contributed by atoms with Crippen molar-refractivity contribution >= 4 is 5.91 Å². The third-order valence-electron chi connectivity index (χ3n) is 8.21. The molecular weight excluding hydrogens is 452 g/mol. The monoisotopic (exact) mass is 486 g/mol. The molecule has 6 rings (SSSR count). The number of rotatable bonds is 3. The van der Waals surface area contributed by atoms with Crippen LogP contribution in [0.4, 0.5) is 0 Å². The number of aromatic nitrogens is 4. The Hall–Kier alpha value is -3.10. The molecule has 2 aliphatic heterocycles. The smallest absolute Gasteiger partial charge is 0.257 e. The molecule has 36 heavy (non-hydrogen) atoms. The lowest BCUT2D eigenvalue weighted by Crippen LogP contribution is -2.49. The predicted octanol–water partition coefficient (Wildman–Crippen LogP) is 3.19. The molecule has 0 unspecified atom stereocenters. The first-order valence-corrected chi connectivity index (χ1v) is 13.3. The Morgan fingerprint density at radius 2 is 1.72 bits per heavy atom. The molecule has 4 heterocycles. The lowest BCUT2D eigenvalue weighted by molar-refractivity contribution is 0.0357. The van der Waals surface area contributed by atoms with E-state index < -0.39 is 0 Å². The average molecular weight is 487 g/mol. The van der Waals surface area contributed by atoms with Crippen LogP contribution in [0.3, 0.4) is 0 Å². The third-order valence-corrected chi connectivity index (χ3v) is 8.21. The van der Waals surface area contributed by atoms with Crippen LogP contribution in [0.1, 0.15) is 59.3 Å². The summed E-state index contributed by atoms with van der Waals surface area (Å²) in [5.74, 6) is 0.541. The first-order valence-electron chi connectivity index (χ1n) is 13.3. The van der Waals surface area contributed by atoms with E-state index in [2.05, 4.69) is 39.2 Å². The predicted molar refractivity (Wildman–Crippen MR) is 137 cm³/mol. The molecule has 8 heteroatoms. The van der Waals surface area contributed by atoms with E-state index in [9.17, 15) is 9.90 Å². The summed E-state index contributed by atoms with van der Waals surface area (Å²) in [6.45, 7) is 5.33. The summed E-state index contributed by atoms with van der Waals surface area (Å²) in [7, 11) is 0. The van der Waals surface area contributed by atoms with Crippen molar-refractivity contribution in [3.8, 4) is 17.2 Å². The number of hydrogen-bond acceptors (Lipinski definition) is 6. The van der Waals surface area contributed by atoms with Gasteiger partial charge in [0, 0.05) is 44.0 Å². The molecule has 2 aromatic heterocycles. The molecule has 0 spiro atoms. The van der Waals surface area contributed by atoms with Crippen LogP contribution in [0.25, 0.3) is 17.2 Å². The van der Waals surface area contributed by atoms with Crippen LogP contribution >= 0.6 is 0 Å². The fourth-order valence-electron chi connectivity index (χ4n) is 6.03. The number of amides is 1. The molecule has 1 amide bonds. The average Bonchev–Trinajstić information content (AvgIpc) is 3.20. The van der Waals surface area contributed by atoms with Crippen molar-refractivity contribution in [1.29, 1.82) is 0 Å². The van der Waals surface area contributed by atoms with Gasteiger partial charge >= 0.3 is 0 Å². The van der Waals surface area contributed by atoms with Gasteiger partial charge in [0.2, 0.25) is 0 Å². The van der Waals surface area contributed by atoms with Gasteiger partial charge in [-0.2, -0.15) is 5.10 Å². The Morgan fingerprint density at radius 1 is 0.972 bits per heavy atom. The van der Waals surface area contributed by atoms with Crippen molar-refractivity contribution < 1.29 is 9.90 Å². The molecule has 8 nitrogen and oxygen atoms in total. The molecule has 2 saturated heterocycles. The van der Waals surface area contributed by atoms with E-state index in [1.165, 1.54) is 11.1 Å². The molecule has 3 aliphatic rings. The number of carbonyl (C=O) groups excluding carboxylic acids is 1. The molecule has 0 atom stereocenters. The number of aryl methyl sites for hydroxylation is 2. The van der Waals surface area contributed by atoms with Gasteiger partial charge in [-0.1, -0.05) is 24.3 Å². The molecule has 1 N–H and O–H groups in total. The van der Waals surface area contributed by atoms with Crippen molar-refractivity contribution in [3.05, 3.63) is 59.0 Å². The minimum absolute atomic E-state index is 0.0337. The van der Waals surface area contributed by atoms with Crippen LogP contribution in [-0.2, 0) is 12.8 Å². The minimum Gasteiger partial charge on any atom is -0.393 e. The zero-order valence-electron chi connectivity index (χ0n) is 20.9. The Morgan fingerprint density at radius 3 is 2.53 bits per heavy atom. The van der Waals surface area contributed by atoms with Crippen LogP contribution < -0.4 is 0 Å². The largest absolute Gasteiger partial charge is 0.393 e. The number of hydrogen-bond donors (Lipinski definition) is 1. The van der Waals surface area contributed by atoms with Gasteiger partial charge in [-0.3, -0.25) is 4.79 Å². The van der Waals surface area contributed by atoms with Crippen LogP contribution in [0.5, 0.6) is 0 Å². The topological polar surface area (TPSA) is 87.4 Å². The van der Waals surface area contributed by atoms with E-state index in [1.54, 1.807) is 10.9 Å². The van der Waals surface area contributed by atoms with E-state index in [-0.39, 0.29) is 12.0 Å². The van der Waals surface area contributed by atoms with Crippen molar-refractivity contribution in [2.75, 3.05) is 26.2 Å². The Labute approximate surface area is 212 Å². The molecule has 1 aliphatic carbocycles. The molecule has 0 bridgehead atoms. The molecule has 2 fully saturated rings.